The van der Waals surface area contributed by atoms with Gasteiger partial charge in [-0.2, -0.15) is 5.10 Å². The maximum absolute atomic E-state index is 13.8. The number of carbonyl (C=O) groups is 2. The van der Waals surface area contributed by atoms with Crippen molar-refractivity contribution in [3.63, 3.8) is 0 Å². The van der Waals surface area contributed by atoms with E-state index in [1.165, 1.54) is 37.8 Å². The average Bonchev–Trinajstić information content (AvgIpc) is 3.47. The third kappa shape index (κ3) is 4.52. The van der Waals surface area contributed by atoms with E-state index in [1.54, 1.807) is 6.92 Å². The molecule has 1 aromatic heterocycles. The fourth-order valence-electron chi connectivity index (χ4n) is 6.92. The van der Waals surface area contributed by atoms with Crippen LogP contribution >= 0.6 is 0 Å². The molecule has 7 heteroatoms. The van der Waals surface area contributed by atoms with Crippen LogP contribution in [-0.2, 0) is 22.3 Å². The third-order valence-corrected chi connectivity index (χ3v) is 8.49. The molecule has 1 aromatic rings. The first-order valence-corrected chi connectivity index (χ1v) is 13.4. The first-order chi connectivity index (χ1) is 16.1. The summed E-state index contributed by atoms with van der Waals surface area (Å²) in [7, 11) is 0. The van der Waals surface area contributed by atoms with Crippen molar-refractivity contribution in [3.8, 4) is 0 Å². The molecule has 0 saturated heterocycles. The minimum Gasteiger partial charge on any atom is -0.435 e. The van der Waals surface area contributed by atoms with Crippen LogP contribution < -0.4 is 5.32 Å². The van der Waals surface area contributed by atoms with Gasteiger partial charge in [0.15, 0.2) is 11.4 Å². The fraction of sp³-hybridized carbons (Fsp3) is 0.808. The van der Waals surface area contributed by atoms with Gasteiger partial charge in [0.05, 0.1) is 12.6 Å². The van der Waals surface area contributed by atoms with Crippen molar-refractivity contribution in [1.29, 1.82) is 0 Å². The molecule has 7 nitrogen and oxygen atoms in total. The number of ether oxygens (including phenoxy) is 2. The zero-order valence-electron chi connectivity index (χ0n) is 20.1. The standard InChI is InChI=1S/C26H39N3O4/c1-2-32-25(31)33-26(17-18-14-15-19(26)16-18)27-24(30)23-21-12-8-3-4-9-13-22(21)29(28-23)20-10-6-5-7-11-20/h18-20H,2-17H2,1H3,(H,27,30). The second-order valence-electron chi connectivity index (χ2n) is 10.6. The minimum atomic E-state index is -0.963. The molecule has 1 N–H and O–H groups in total. The summed E-state index contributed by atoms with van der Waals surface area (Å²) >= 11 is 0. The molecule has 3 atom stereocenters. The van der Waals surface area contributed by atoms with Gasteiger partial charge in [-0.3, -0.25) is 9.48 Å². The molecule has 2 bridgehead atoms. The molecule has 0 aliphatic heterocycles. The second kappa shape index (κ2) is 9.67. The van der Waals surface area contributed by atoms with E-state index in [0.717, 1.165) is 63.4 Å². The topological polar surface area (TPSA) is 82.4 Å². The number of fused-ring (bicyclic) bond motifs is 3. The normalized spacial score (nSPS) is 29.7. The number of aromatic nitrogens is 2. The van der Waals surface area contributed by atoms with Crippen LogP contribution in [0.2, 0.25) is 0 Å². The Morgan fingerprint density at radius 1 is 1.03 bits per heavy atom. The lowest BCUT2D eigenvalue weighted by Gasteiger charge is -2.37. The monoisotopic (exact) mass is 457 g/mol. The molecule has 3 saturated carbocycles. The van der Waals surface area contributed by atoms with Crippen LogP contribution in [0.1, 0.15) is 118 Å². The maximum Gasteiger partial charge on any atom is 0.510 e. The quantitative estimate of drug-likeness (QED) is 0.468. The van der Waals surface area contributed by atoms with Gasteiger partial charge in [-0.25, -0.2) is 4.79 Å². The zero-order chi connectivity index (χ0) is 22.8. The molecule has 33 heavy (non-hydrogen) atoms. The van der Waals surface area contributed by atoms with Crippen LogP contribution in [0.4, 0.5) is 4.79 Å². The number of hydrogen-bond donors (Lipinski definition) is 1. The van der Waals surface area contributed by atoms with E-state index in [0.29, 0.717) is 24.1 Å². The van der Waals surface area contributed by atoms with E-state index >= 15 is 0 Å². The summed E-state index contributed by atoms with van der Waals surface area (Å²) < 4.78 is 13.2. The van der Waals surface area contributed by atoms with Crippen molar-refractivity contribution in [3.05, 3.63) is 17.0 Å². The van der Waals surface area contributed by atoms with E-state index in [9.17, 15) is 9.59 Å². The van der Waals surface area contributed by atoms with Gasteiger partial charge >= 0.3 is 6.16 Å². The van der Waals surface area contributed by atoms with Gasteiger partial charge < -0.3 is 14.8 Å². The number of hydrogen-bond acceptors (Lipinski definition) is 5. The Morgan fingerprint density at radius 3 is 2.48 bits per heavy atom. The zero-order valence-corrected chi connectivity index (χ0v) is 20.1. The van der Waals surface area contributed by atoms with Crippen LogP contribution in [-0.4, -0.2) is 34.2 Å². The van der Waals surface area contributed by atoms with Crippen molar-refractivity contribution in [2.45, 2.75) is 115 Å². The van der Waals surface area contributed by atoms with Gasteiger partial charge in [-0.1, -0.05) is 32.1 Å². The molecular formula is C26H39N3O4. The first-order valence-electron chi connectivity index (χ1n) is 13.4. The summed E-state index contributed by atoms with van der Waals surface area (Å²) in [5.74, 6) is 0.460. The minimum absolute atomic E-state index is 0.151. The van der Waals surface area contributed by atoms with Crippen molar-refractivity contribution >= 4 is 12.1 Å². The van der Waals surface area contributed by atoms with Gasteiger partial charge in [0, 0.05) is 23.6 Å². The highest BCUT2D eigenvalue weighted by Crippen LogP contribution is 2.51. The SMILES string of the molecule is CCOC(=O)OC1(NC(=O)c2nn(C3CCCCC3)c3c2CCCCCC3)CC2CCC1C2. The van der Waals surface area contributed by atoms with E-state index in [4.69, 9.17) is 14.6 Å². The van der Waals surface area contributed by atoms with Crippen LogP contribution in [0.15, 0.2) is 0 Å². The Kier molecular flexibility index (Phi) is 6.66. The molecular weight excluding hydrogens is 418 g/mol. The lowest BCUT2D eigenvalue weighted by atomic mass is 9.90. The van der Waals surface area contributed by atoms with Gasteiger partial charge in [-0.05, 0) is 70.6 Å². The molecule has 3 unspecified atom stereocenters. The van der Waals surface area contributed by atoms with Crippen LogP contribution in [0.3, 0.4) is 0 Å². The van der Waals surface area contributed by atoms with Crippen molar-refractivity contribution < 1.29 is 19.1 Å². The fourth-order valence-corrected chi connectivity index (χ4v) is 6.92. The van der Waals surface area contributed by atoms with Gasteiger partial charge in [-0.15, -0.1) is 0 Å². The number of amides is 1. The Bertz CT molecular complexity index is 875. The molecule has 1 heterocycles. The Hall–Kier alpha value is -2.05. The molecule has 0 spiro atoms. The molecule has 182 valence electrons. The summed E-state index contributed by atoms with van der Waals surface area (Å²) in [6.45, 7) is 2.03. The predicted molar refractivity (Wildman–Crippen MR) is 124 cm³/mol. The van der Waals surface area contributed by atoms with Crippen LogP contribution in [0.25, 0.3) is 0 Å². The van der Waals surface area contributed by atoms with E-state index < -0.39 is 11.9 Å². The van der Waals surface area contributed by atoms with Gasteiger partial charge in [0.25, 0.3) is 5.91 Å². The Balaban J connectivity index is 1.44. The maximum atomic E-state index is 13.8. The number of nitrogens with one attached hydrogen (secondary N) is 1. The molecule has 1 amide bonds. The number of nitrogens with zero attached hydrogens (tertiary/aromatic N) is 2. The molecule has 4 aliphatic rings. The molecule has 5 rings (SSSR count). The lowest BCUT2D eigenvalue weighted by Crippen LogP contribution is -2.55. The smallest absolute Gasteiger partial charge is 0.435 e. The third-order valence-electron chi connectivity index (χ3n) is 8.49. The number of carbonyl (C=O) groups excluding carboxylic acids is 2. The summed E-state index contributed by atoms with van der Waals surface area (Å²) in [5.41, 5.74) is 2.01. The van der Waals surface area contributed by atoms with Crippen LogP contribution in [0, 0.1) is 11.8 Å². The number of rotatable bonds is 5. The Morgan fingerprint density at radius 2 is 1.79 bits per heavy atom. The highest BCUT2D eigenvalue weighted by atomic mass is 16.7. The van der Waals surface area contributed by atoms with Crippen molar-refractivity contribution in [2.75, 3.05) is 6.61 Å². The molecule has 0 aromatic carbocycles. The van der Waals surface area contributed by atoms with E-state index in [-0.39, 0.29) is 18.4 Å². The first kappa shape index (κ1) is 22.7. The highest BCUT2D eigenvalue weighted by molar-refractivity contribution is 5.94. The highest BCUT2D eigenvalue weighted by Gasteiger charge is 2.55. The summed E-state index contributed by atoms with van der Waals surface area (Å²) in [4.78, 5) is 26.1. The van der Waals surface area contributed by atoms with Crippen LogP contribution in [0.5, 0.6) is 0 Å². The van der Waals surface area contributed by atoms with E-state index in [2.05, 4.69) is 10.00 Å². The van der Waals surface area contributed by atoms with Crippen molar-refractivity contribution in [1.82, 2.24) is 15.1 Å². The second-order valence-corrected chi connectivity index (χ2v) is 10.6. The summed E-state index contributed by atoms with van der Waals surface area (Å²) in [6, 6.07) is 0.403. The van der Waals surface area contributed by atoms with Gasteiger partial charge in [0.1, 0.15) is 0 Å². The summed E-state index contributed by atoms with van der Waals surface area (Å²) in [6.07, 6.45) is 15.8. The Labute approximate surface area is 197 Å². The predicted octanol–water partition coefficient (Wildman–Crippen LogP) is 5.47. The van der Waals surface area contributed by atoms with Gasteiger partial charge in [0.2, 0.25) is 0 Å². The van der Waals surface area contributed by atoms with E-state index in [1.807, 2.05) is 0 Å². The molecule has 0 radical (unpaired) electrons. The summed E-state index contributed by atoms with van der Waals surface area (Å²) in [5, 5.41) is 8.18. The molecule has 3 fully saturated rings. The van der Waals surface area contributed by atoms with Crippen molar-refractivity contribution in [2.24, 2.45) is 11.8 Å². The average molecular weight is 458 g/mol. The largest absolute Gasteiger partial charge is 0.510 e. The lowest BCUT2D eigenvalue weighted by molar-refractivity contribution is -0.0792. The molecule has 4 aliphatic carbocycles.